The first-order valence-corrected chi connectivity index (χ1v) is 15.5. The molecule has 2 amide bonds. The average Bonchev–Trinajstić information content (AvgIpc) is 2.96. The second-order valence-corrected chi connectivity index (χ2v) is 12.0. The summed E-state index contributed by atoms with van der Waals surface area (Å²) in [7, 11) is -4.11. The topological polar surface area (TPSA) is 86.8 Å². The van der Waals surface area contributed by atoms with Crippen LogP contribution in [0, 0.1) is 0 Å². The molecule has 40 heavy (non-hydrogen) atoms. The van der Waals surface area contributed by atoms with Gasteiger partial charge in [0, 0.05) is 13.1 Å². The smallest absolute Gasteiger partial charge is 0.264 e. The van der Waals surface area contributed by atoms with Crippen LogP contribution < -0.4 is 9.62 Å². The molecule has 1 N–H and O–H groups in total. The van der Waals surface area contributed by atoms with Crippen molar-refractivity contribution in [3.8, 4) is 0 Å². The van der Waals surface area contributed by atoms with Crippen LogP contribution in [0.5, 0.6) is 0 Å². The van der Waals surface area contributed by atoms with Gasteiger partial charge in [0.05, 0.1) is 20.6 Å². The predicted octanol–water partition coefficient (Wildman–Crippen LogP) is 6.08. The maximum Gasteiger partial charge on any atom is 0.264 e. The fourth-order valence-electron chi connectivity index (χ4n) is 4.27. The quantitative estimate of drug-likeness (QED) is 0.256. The fraction of sp³-hybridized carbons (Fsp3) is 0.333. The third-order valence-corrected chi connectivity index (χ3v) is 9.04. The monoisotopic (exact) mass is 603 g/mol. The van der Waals surface area contributed by atoms with Crippen molar-refractivity contribution in [3.05, 3.63) is 94.0 Å². The number of rotatable bonds is 13. The predicted molar refractivity (Wildman–Crippen MR) is 161 cm³/mol. The van der Waals surface area contributed by atoms with Crippen LogP contribution in [0.3, 0.4) is 0 Å². The molecule has 214 valence electrons. The van der Waals surface area contributed by atoms with Crippen molar-refractivity contribution in [2.24, 2.45) is 0 Å². The van der Waals surface area contributed by atoms with Crippen LogP contribution in [0.1, 0.15) is 44.7 Å². The van der Waals surface area contributed by atoms with E-state index in [0.29, 0.717) is 34.3 Å². The van der Waals surface area contributed by atoms with Gasteiger partial charge in [-0.3, -0.25) is 13.9 Å². The summed E-state index contributed by atoms with van der Waals surface area (Å²) in [5, 5.41) is 3.55. The number of carbonyl (C=O) groups is 2. The number of hydrogen-bond acceptors (Lipinski definition) is 4. The van der Waals surface area contributed by atoms with Crippen LogP contribution >= 0.6 is 23.2 Å². The molecule has 0 saturated heterocycles. The molecule has 0 unspecified atom stereocenters. The molecule has 0 bridgehead atoms. The van der Waals surface area contributed by atoms with Gasteiger partial charge in [-0.25, -0.2) is 8.42 Å². The first kappa shape index (κ1) is 31.5. The first-order chi connectivity index (χ1) is 19.1. The lowest BCUT2D eigenvalue weighted by atomic mass is 10.1. The van der Waals surface area contributed by atoms with Gasteiger partial charge in [0.25, 0.3) is 10.0 Å². The summed E-state index contributed by atoms with van der Waals surface area (Å²) in [6.07, 6.45) is 1.85. The van der Waals surface area contributed by atoms with E-state index in [-0.39, 0.29) is 17.3 Å². The number of sulfonamides is 1. The van der Waals surface area contributed by atoms with Crippen LogP contribution in [-0.4, -0.2) is 44.3 Å². The molecule has 0 spiro atoms. The van der Waals surface area contributed by atoms with Crippen molar-refractivity contribution in [2.45, 2.75) is 57.5 Å². The number of amides is 2. The van der Waals surface area contributed by atoms with Gasteiger partial charge in [-0.1, -0.05) is 80.4 Å². The molecule has 0 aliphatic rings. The van der Waals surface area contributed by atoms with E-state index in [2.05, 4.69) is 5.32 Å². The minimum atomic E-state index is -4.11. The van der Waals surface area contributed by atoms with Gasteiger partial charge in [0.2, 0.25) is 11.8 Å². The number of anilines is 1. The molecule has 1 atom stereocenters. The average molecular weight is 605 g/mol. The third-order valence-electron chi connectivity index (χ3n) is 6.51. The fourth-order valence-corrected chi connectivity index (χ4v) is 6.02. The van der Waals surface area contributed by atoms with Gasteiger partial charge < -0.3 is 10.2 Å². The lowest BCUT2D eigenvalue weighted by Gasteiger charge is -2.33. The zero-order valence-electron chi connectivity index (χ0n) is 22.9. The van der Waals surface area contributed by atoms with E-state index >= 15 is 0 Å². The highest BCUT2D eigenvalue weighted by Gasteiger charge is 2.33. The zero-order chi connectivity index (χ0) is 29.3. The van der Waals surface area contributed by atoms with Crippen molar-refractivity contribution < 1.29 is 18.0 Å². The lowest BCUT2D eigenvalue weighted by molar-refractivity contribution is -0.140. The highest BCUT2D eigenvalue weighted by Crippen LogP contribution is 2.27. The summed E-state index contributed by atoms with van der Waals surface area (Å²) in [6.45, 7) is 5.77. The molecule has 0 heterocycles. The summed E-state index contributed by atoms with van der Waals surface area (Å²) in [4.78, 5) is 28.7. The number of hydrogen-bond donors (Lipinski definition) is 1. The number of benzene rings is 3. The Hall–Kier alpha value is -3.07. The maximum atomic E-state index is 14.0. The van der Waals surface area contributed by atoms with Crippen LogP contribution in [0.2, 0.25) is 10.0 Å². The third kappa shape index (κ3) is 7.77. The summed E-state index contributed by atoms with van der Waals surface area (Å²) in [6, 6.07) is 19.2. The SMILES string of the molecule is CCCNC(=O)[C@H](CC)N(Cc1ccc(Cl)c(Cl)c1)C(=O)CN(c1ccc(CC)cc1)S(=O)(=O)c1ccccc1. The number of nitrogens with one attached hydrogen (secondary N) is 1. The Balaban J connectivity index is 2.05. The molecule has 0 radical (unpaired) electrons. The molecule has 0 aliphatic heterocycles. The van der Waals surface area contributed by atoms with Crippen LogP contribution in [0.4, 0.5) is 5.69 Å². The van der Waals surface area contributed by atoms with Crippen LogP contribution in [0.15, 0.2) is 77.7 Å². The van der Waals surface area contributed by atoms with Gasteiger partial charge in [-0.2, -0.15) is 0 Å². The second-order valence-electron chi connectivity index (χ2n) is 9.33. The maximum absolute atomic E-state index is 14.0. The molecule has 0 aromatic heterocycles. The molecule has 0 fully saturated rings. The van der Waals surface area contributed by atoms with Gasteiger partial charge in [0.1, 0.15) is 12.6 Å². The Morgan fingerprint density at radius 1 is 0.875 bits per heavy atom. The molecule has 0 aliphatic carbocycles. The number of halogens is 2. The van der Waals surface area contributed by atoms with E-state index in [1.807, 2.05) is 32.9 Å². The summed E-state index contributed by atoms with van der Waals surface area (Å²) in [5.74, 6) is -0.828. The Bertz CT molecular complexity index is 1400. The van der Waals surface area contributed by atoms with Crippen molar-refractivity contribution in [1.82, 2.24) is 10.2 Å². The van der Waals surface area contributed by atoms with E-state index in [1.165, 1.54) is 17.0 Å². The molecule has 3 aromatic rings. The highest BCUT2D eigenvalue weighted by molar-refractivity contribution is 7.92. The molecule has 3 aromatic carbocycles. The largest absolute Gasteiger partial charge is 0.354 e. The van der Waals surface area contributed by atoms with Crippen LogP contribution in [-0.2, 0) is 32.6 Å². The van der Waals surface area contributed by atoms with E-state index in [0.717, 1.165) is 22.7 Å². The van der Waals surface area contributed by atoms with Gasteiger partial charge >= 0.3 is 0 Å². The summed E-state index contributed by atoms with van der Waals surface area (Å²) >= 11 is 12.3. The standard InChI is InChI=1S/C30H35Cl2N3O4S/c1-4-18-33-30(37)28(6-3)34(20-23-14-17-26(31)27(32)19-23)29(36)21-35(24-15-12-22(5-2)13-16-24)40(38,39)25-10-8-7-9-11-25/h7-17,19,28H,4-6,18,20-21H2,1-3H3,(H,33,37)/t28-/m0/s1. The first-order valence-electron chi connectivity index (χ1n) is 13.3. The highest BCUT2D eigenvalue weighted by atomic mass is 35.5. The van der Waals surface area contributed by atoms with Gasteiger partial charge in [0.15, 0.2) is 0 Å². The second kappa shape index (κ2) is 14.5. The van der Waals surface area contributed by atoms with E-state index in [9.17, 15) is 18.0 Å². The summed E-state index contributed by atoms with van der Waals surface area (Å²) < 4.78 is 28.8. The van der Waals surface area contributed by atoms with E-state index in [1.54, 1.807) is 48.5 Å². The number of aryl methyl sites for hydroxylation is 1. The molecule has 10 heteroatoms. The van der Waals surface area contributed by atoms with Crippen molar-refractivity contribution in [3.63, 3.8) is 0 Å². The normalized spacial score (nSPS) is 12.0. The number of nitrogens with zero attached hydrogens (tertiary/aromatic N) is 2. The van der Waals surface area contributed by atoms with E-state index in [4.69, 9.17) is 23.2 Å². The van der Waals surface area contributed by atoms with Crippen molar-refractivity contribution >= 4 is 50.7 Å². The lowest BCUT2D eigenvalue weighted by Crippen LogP contribution is -2.52. The summed E-state index contributed by atoms with van der Waals surface area (Å²) in [5.41, 5.74) is 2.05. The molecular weight excluding hydrogens is 569 g/mol. The Kier molecular flexibility index (Phi) is 11.4. The molecule has 7 nitrogen and oxygen atoms in total. The molecule has 0 saturated carbocycles. The van der Waals surface area contributed by atoms with Crippen LogP contribution in [0.25, 0.3) is 0 Å². The molecule has 3 rings (SSSR count). The van der Waals surface area contributed by atoms with Gasteiger partial charge in [-0.05, 0) is 66.8 Å². The Labute approximate surface area is 247 Å². The van der Waals surface area contributed by atoms with Gasteiger partial charge in [-0.15, -0.1) is 0 Å². The molecular formula is C30H35Cl2N3O4S. The minimum absolute atomic E-state index is 0.0434. The number of carbonyl (C=O) groups excluding carboxylic acids is 2. The zero-order valence-corrected chi connectivity index (χ0v) is 25.3. The minimum Gasteiger partial charge on any atom is -0.354 e. The Morgan fingerprint density at radius 2 is 1.52 bits per heavy atom. The Morgan fingerprint density at radius 3 is 2.10 bits per heavy atom. The van der Waals surface area contributed by atoms with Crippen molar-refractivity contribution in [1.29, 1.82) is 0 Å². The van der Waals surface area contributed by atoms with Crippen molar-refractivity contribution in [2.75, 3.05) is 17.4 Å². The van der Waals surface area contributed by atoms with E-state index < -0.39 is 28.5 Å².